The van der Waals surface area contributed by atoms with Crippen LogP contribution in [-0.4, -0.2) is 53.9 Å². The number of urea groups is 1. The van der Waals surface area contributed by atoms with Gasteiger partial charge in [-0.15, -0.1) is 0 Å². The van der Waals surface area contributed by atoms with Gasteiger partial charge in [0.25, 0.3) is 0 Å². The van der Waals surface area contributed by atoms with Gasteiger partial charge in [-0.1, -0.05) is 0 Å². The molecule has 0 bridgehead atoms. The van der Waals surface area contributed by atoms with Gasteiger partial charge in [0.05, 0.1) is 13.2 Å². The Labute approximate surface area is 146 Å². The summed E-state index contributed by atoms with van der Waals surface area (Å²) >= 11 is 0. The Kier molecular flexibility index (Phi) is 5.39. The van der Waals surface area contributed by atoms with Crippen molar-refractivity contribution in [3.63, 3.8) is 0 Å². The van der Waals surface area contributed by atoms with E-state index in [1.54, 1.807) is 12.4 Å². The molecular formula is C17H22N6O2. The number of nitrogens with zero attached hydrogens (tertiary/aromatic N) is 3. The van der Waals surface area contributed by atoms with E-state index in [1.807, 2.05) is 26.0 Å². The molecule has 8 heteroatoms. The quantitative estimate of drug-likeness (QED) is 0.690. The van der Waals surface area contributed by atoms with Crippen LogP contribution in [0.2, 0.25) is 0 Å². The van der Waals surface area contributed by atoms with Gasteiger partial charge in [-0.3, -0.25) is 15.1 Å². The Bertz CT molecular complexity index is 766. The number of aromatic amines is 1. The first kappa shape index (κ1) is 17.1. The van der Waals surface area contributed by atoms with E-state index in [2.05, 4.69) is 30.8 Å². The molecule has 2 aromatic heterocycles. The second-order valence-electron chi connectivity index (χ2n) is 6.06. The number of rotatable bonds is 6. The Morgan fingerprint density at radius 2 is 2.28 bits per heavy atom. The van der Waals surface area contributed by atoms with Crippen LogP contribution in [-0.2, 0) is 4.74 Å². The van der Waals surface area contributed by atoms with E-state index in [0.717, 1.165) is 41.4 Å². The van der Waals surface area contributed by atoms with Crippen molar-refractivity contribution in [3.05, 3.63) is 35.3 Å². The van der Waals surface area contributed by atoms with E-state index in [0.29, 0.717) is 12.5 Å². The highest BCUT2D eigenvalue weighted by atomic mass is 16.5. The fourth-order valence-corrected chi connectivity index (χ4v) is 2.46. The van der Waals surface area contributed by atoms with Crippen molar-refractivity contribution >= 4 is 12.2 Å². The van der Waals surface area contributed by atoms with Crippen LogP contribution >= 0.6 is 0 Å². The molecule has 0 aliphatic carbocycles. The minimum Gasteiger partial charge on any atom is -0.381 e. The first-order chi connectivity index (χ1) is 12.1. The van der Waals surface area contributed by atoms with Crippen molar-refractivity contribution < 1.29 is 9.53 Å². The highest BCUT2D eigenvalue weighted by Crippen LogP contribution is 2.22. The number of pyridine rings is 1. The molecule has 2 aromatic rings. The van der Waals surface area contributed by atoms with E-state index in [-0.39, 0.29) is 12.7 Å². The number of hydrogen-bond acceptors (Lipinski definition) is 5. The molecule has 1 fully saturated rings. The lowest BCUT2D eigenvalue weighted by Gasteiger charge is -2.25. The van der Waals surface area contributed by atoms with Gasteiger partial charge in [0.15, 0.2) is 0 Å². The molecule has 132 valence electrons. The maximum Gasteiger partial charge on any atom is 0.316 e. The summed E-state index contributed by atoms with van der Waals surface area (Å²) in [5.74, 6) is 0.425. The number of carbonyl (C=O) groups is 1. The molecule has 3 N–H and O–H groups in total. The van der Waals surface area contributed by atoms with Crippen LogP contribution in [0, 0.1) is 19.8 Å². The molecule has 25 heavy (non-hydrogen) atoms. The van der Waals surface area contributed by atoms with E-state index in [9.17, 15) is 4.79 Å². The van der Waals surface area contributed by atoms with Crippen molar-refractivity contribution in [1.29, 1.82) is 0 Å². The number of nitrogens with one attached hydrogen (secondary N) is 3. The molecule has 3 heterocycles. The summed E-state index contributed by atoms with van der Waals surface area (Å²) in [5, 5.41) is 12.8. The van der Waals surface area contributed by atoms with E-state index in [1.165, 1.54) is 0 Å². The molecular weight excluding hydrogens is 320 g/mol. The Hall–Kier alpha value is -2.74. The highest BCUT2D eigenvalue weighted by Gasteiger charge is 2.18. The topological polar surface area (TPSA) is 104 Å². The van der Waals surface area contributed by atoms with E-state index < -0.39 is 0 Å². The third-order valence-electron chi connectivity index (χ3n) is 3.97. The lowest BCUT2D eigenvalue weighted by molar-refractivity contribution is -0.0293. The van der Waals surface area contributed by atoms with Crippen molar-refractivity contribution in [3.8, 4) is 11.3 Å². The number of aliphatic imine (C=N–C) groups is 1. The zero-order chi connectivity index (χ0) is 17.6. The zero-order valence-corrected chi connectivity index (χ0v) is 14.4. The first-order valence-electron chi connectivity index (χ1n) is 8.20. The summed E-state index contributed by atoms with van der Waals surface area (Å²) in [6.45, 7) is 6.14. The van der Waals surface area contributed by atoms with Crippen LogP contribution in [0.4, 0.5) is 4.79 Å². The molecule has 8 nitrogen and oxygen atoms in total. The summed E-state index contributed by atoms with van der Waals surface area (Å²) < 4.78 is 5.07. The molecule has 0 saturated carbocycles. The second-order valence-corrected chi connectivity index (χ2v) is 6.06. The second kappa shape index (κ2) is 7.89. The van der Waals surface area contributed by atoms with E-state index >= 15 is 0 Å². The molecule has 2 amide bonds. The van der Waals surface area contributed by atoms with Gasteiger partial charge in [-0.2, -0.15) is 5.10 Å². The third-order valence-corrected chi connectivity index (χ3v) is 3.97. The van der Waals surface area contributed by atoms with Crippen LogP contribution in [0.15, 0.2) is 23.3 Å². The normalized spacial score (nSPS) is 14.5. The van der Waals surface area contributed by atoms with Gasteiger partial charge in [-0.05, 0) is 26.0 Å². The molecule has 3 rings (SSSR count). The van der Waals surface area contributed by atoms with Crippen molar-refractivity contribution in [2.45, 2.75) is 13.8 Å². The van der Waals surface area contributed by atoms with Crippen molar-refractivity contribution in [1.82, 2.24) is 25.8 Å². The molecule has 0 aromatic carbocycles. The average Bonchev–Trinajstić information content (AvgIpc) is 2.91. The van der Waals surface area contributed by atoms with Crippen LogP contribution in [0.3, 0.4) is 0 Å². The van der Waals surface area contributed by atoms with Gasteiger partial charge < -0.3 is 15.4 Å². The van der Waals surface area contributed by atoms with Crippen LogP contribution in [0.25, 0.3) is 11.3 Å². The fraction of sp³-hybridized carbons (Fsp3) is 0.412. The predicted molar refractivity (Wildman–Crippen MR) is 94.6 cm³/mol. The van der Waals surface area contributed by atoms with Crippen LogP contribution in [0.1, 0.15) is 17.0 Å². The lowest BCUT2D eigenvalue weighted by atomic mass is 10.1. The SMILES string of the molecule is Cc1cc(-c2n[nH]c(C)c2/C=N\CNC(=O)NCC2COC2)ccn1. The van der Waals surface area contributed by atoms with E-state index in [4.69, 9.17) is 4.74 Å². The number of carbonyl (C=O) groups excluding carboxylic acids is 1. The average molecular weight is 342 g/mol. The predicted octanol–water partition coefficient (Wildman–Crippen LogP) is 1.41. The fourth-order valence-electron chi connectivity index (χ4n) is 2.46. The Morgan fingerprint density at radius 3 is 3.00 bits per heavy atom. The third kappa shape index (κ3) is 4.42. The standard InChI is InChI=1S/C17H22N6O2/c1-11-5-14(3-4-19-11)16-15(12(2)22-23-16)7-18-10-21-17(24)20-6-13-8-25-9-13/h3-5,7,13H,6,8-10H2,1-2H3,(H,22,23)(H2,20,21,24)/b18-7-. The number of H-pyrrole nitrogens is 1. The number of aryl methyl sites for hydroxylation is 2. The monoisotopic (exact) mass is 342 g/mol. The molecule has 0 unspecified atom stereocenters. The molecule has 1 aliphatic rings. The summed E-state index contributed by atoms with van der Waals surface area (Å²) in [6, 6.07) is 3.66. The summed E-state index contributed by atoms with van der Waals surface area (Å²) in [7, 11) is 0. The van der Waals surface area contributed by atoms with Gasteiger partial charge in [0, 0.05) is 47.4 Å². The van der Waals surface area contributed by atoms with Crippen LogP contribution < -0.4 is 10.6 Å². The van der Waals surface area contributed by atoms with Gasteiger partial charge in [0.2, 0.25) is 0 Å². The Morgan fingerprint density at radius 1 is 1.44 bits per heavy atom. The molecule has 1 saturated heterocycles. The zero-order valence-electron chi connectivity index (χ0n) is 14.4. The molecule has 0 radical (unpaired) electrons. The number of aromatic nitrogens is 3. The number of ether oxygens (including phenoxy) is 1. The Balaban J connectivity index is 1.56. The number of amides is 2. The maximum absolute atomic E-state index is 11.7. The number of hydrogen-bond donors (Lipinski definition) is 3. The van der Waals surface area contributed by atoms with Crippen LogP contribution in [0.5, 0.6) is 0 Å². The van der Waals surface area contributed by atoms with Crippen molar-refractivity contribution in [2.75, 3.05) is 26.4 Å². The molecule has 0 atom stereocenters. The minimum absolute atomic E-state index is 0.201. The summed E-state index contributed by atoms with van der Waals surface area (Å²) in [6.07, 6.45) is 3.48. The summed E-state index contributed by atoms with van der Waals surface area (Å²) in [4.78, 5) is 20.2. The maximum atomic E-state index is 11.7. The summed E-state index contributed by atoms with van der Waals surface area (Å²) in [5.41, 5.74) is 4.55. The van der Waals surface area contributed by atoms with Gasteiger partial charge in [0.1, 0.15) is 12.4 Å². The van der Waals surface area contributed by atoms with Gasteiger partial charge in [-0.25, -0.2) is 4.79 Å². The largest absolute Gasteiger partial charge is 0.381 e. The lowest BCUT2D eigenvalue weighted by Crippen LogP contribution is -2.43. The van der Waals surface area contributed by atoms with Crippen molar-refractivity contribution in [2.24, 2.45) is 10.9 Å². The van der Waals surface area contributed by atoms with Gasteiger partial charge >= 0.3 is 6.03 Å². The highest BCUT2D eigenvalue weighted by molar-refractivity contribution is 5.90. The first-order valence-corrected chi connectivity index (χ1v) is 8.20. The molecule has 1 aliphatic heterocycles. The minimum atomic E-state index is -0.224. The molecule has 0 spiro atoms. The smallest absolute Gasteiger partial charge is 0.316 e.